The molecule has 2 aromatic rings. The fourth-order valence-electron chi connectivity index (χ4n) is 2.65. The van der Waals surface area contributed by atoms with Gasteiger partial charge in [0.2, 0.25) is 0 Å². The molecule has 0 fully saturated rings. The summed E-state index contributed by atoms with van der Waals surface area (Å²) in [6, 6.07) is 13.0. The van der Waals surface area contributed by atoms with E-state index >= 15 is 0 Å². The van der Waals surface area contributed by atoms with Crippen molar-refractivity contribution in [2.24, 2.45) is 0 Å². The minimum Gasteiger partial charge on any atom is -0.478 e. The van der Waals surface area contributed by atoms with Crippen LogP contribution >= 0.6 is 0 Å². The maximum atomic E-state index is 12.3. The summed E-state index contributed by atoms with van der Waals surface area (Å²) in [6.07, 6.45) is 1.49. The molecule has 1 aliphatic heterocycles. The van der Waals surface area contributed by atoms with E-state index in [1.165, 1.54) is 6.08 Å². The summed E-state index contributed by atoms with van der Waals surface area (Å²) in [5, 5.41) is 9.21. The first-order valence-corrected chi connectivity index (χ1v) is 8.90. The van der Waals surface area contributed by atoms with Crippen LogP contribution < -0.4 is 0 Å². The molecule has 5 heteroatoms. The van der Waals surface area contributed by atoms with Crippen molar-refractivity contribution in [3.63, 3.8) is 0 Å². The maximum absolute atomic E-state index is 12.3. The molecule has 0 aliphatic carbocycles. The van der Waals surface area contributed by atoms with Crippen LogP contribution in [0.5, 0.6) is 0 Å². The van der Waals surface area contributed by atoms with Crippen molar-refractivity contribution < 1.29 is 18.3 Å². The molecule has 1 N–H and O–H groups in total. The molecule has 0 spiro atoms. The molecule has 1 heterocycles. The molecule has 3 rings (SSSR count). The van der Waals surface area contributed by atoms with Crippen LogP contribution in [0.1, 0.15) is 17.5 Å². The van der Waals surface area contributed by atoms with Gasteiger partial charge in [-0.25, -0.2) is 13.2 Å². The summed E-state index contributed by atoms with van der Waals surface area (Å²) in [7, 11) is -3.47. The van der Waals surface area contributed by atoms with E-state index in [4.69, 9.17) is 0 Å². The molecule has 1 aliphatic rings. The molecule has 118 valence electrons. The van der Waals surface area contributed by atoms with E-state index in [0.717, 1.165) is 16.7 Å². The van der Waals surface area contributed by atoms with Gasteiger partial charge in [-0.1, -0.05) is 35.9 Å². The van der Waals surface area contributed by atoms with Crippen LogP contribution in [0, 0.1) is 6.92 Å². The number of carboxylic acids is 1. The molecule has 2 aromatic carbocycles. The van der Waals surface area contributed by atoms with Crippen molar-refractivity contribution >= 4 is 21.9 Å². The Hall–Kier alpha value is -2.40. The summed E-state index contributed by atoms with van der Waals surface area (Å²) in [6.45, 7) is 2.00. The monoisotopic (exact) mass is 328 g/mol. The number of hydrogen-bond acceptors (Lipinski definition) is 3. The molecule has 0 radical (unpaired) electrons. The molecule has 0 amide bonds. The Morgan fingerprint density at radius 3 is 2.35 bits per heavy atom. The number of benzene rings is 2. The van der Waals surface area contributed by atoms with Crippen LogP contribution in [0.4, 0.5) is 0 Å². The lowest BCUT2D eigenvalue weighted by molar-refractivity contribution is -0.132. The second-order valence-electron chi connectivity index (χ2n) is 5.66. The highest BCUT2D eigenvalue weighted by Crippen LogP contribution is 2.30. The number of aliphatic carboxylic acids is 1. The Kier molecular flexibility index (Phi) is 3.82. The first kappa shape index (κ1) is 15.5. The topological polar surface area (TPSA) is 71.4 Å². The van der Waals surface area contributed by atoms with Crippen molar-refractivity contribution in [2.45, 2.75) is 18.2 Å². The first-order valence-electron chi connectivity index (χ1n) is 7.24. The third kappa shape index (κ3) is 3.05. The number of carbonyl (C=O) groups is 1. The van der Waals surface area contributed by atoms with E-state index in [9.17, 15) is 18.3 Å². The molecular formula is C18H16O4S. The van der Waals surface area contributed by atoms with Gasteiger partial charge < -0.3 is 5.11 Å². The number of aryl methyl sites for hydroxylation is 1. The zero-order valence-electron chi connectivity index (χ0n) is 12.6. The molecule has 23 heavy (non-hydrogen) atoms. The van der Waals surface area contributed by atoms with Crippen molar-refractivity contribution in [2.75, 3.05) is 5.75 Å². The molecule has 0 bridgehead atoms. The molecule has 0 aromatic heterocycles. The van der Waals surface area contributed by atoms with E-state index in [1.54, 1.807) is 18.2 Å². The molecular weight excluding hydrogens is 312 g/mol. The normalized spacial score (nSPS) is 16.1. The molecule has 0 saturated heterocycles. The predicted octanol–water partition coefficient (Wildman–Crippen LogP) is 3.31. The SMILES string of the molecule is Cc1ccc(-c2ccc3c(c2)C=C(C(=O)O)CCS3(=O)=O)cc1. The highest BCUT2D eigenvalue weighted by Gasteiger charge is 2.24. The summed E-state index contributed by atoms with van der Waals surface area (Å²) in [4.78, 5) is 11.5. The number of carboxylic acid groups (broad SMARTS) is 1. The summed E-state index contributed by atoms with van der Waals surface area (Å²) in [5.74, 6) is -1.25. The van der Waals surface area contributed by atoms with Crippen molar-refractivity contribution in [3.05, 3.63) is 59.2 Å². The Bertz CT molecular complexity index is 907. The summed E-state index contributed by atoms with van der Waals surface area (Å²) in [5.41, 5.74) is 3.53. The predicted molar refractivity (Wildman–Crippen MR) is 88.9 cm³/mol. The summed E-state index contributed by atoms with van der Waals surface area (Å²) >= 11 is 0. The minimum absolute atomic E-state index is 0.0201. The third-order valence-corrected chi connectivity index (χ3v) is 5.76. The maximum Gasteiger partial charge on any atom is 0.331 e. The average Bonchev–Trinajstić information content (AvgIpc) is 2.64. The largest absolute Gasteiger partial charge is 0.478 e. The van der Waals surface area contributed by atoms with Crippen LogP contribution in [0.3, 0.4) is 0 Å². The van der Waals surface area contributed by atoms with Gasteiger partial charge in [0.1, 0.15) is 0 Å². The minimum atomic E-state index is -3.47. The lowest BCUT2D eigenvalue weighted by atomic mass is 10.0. The standard InChI is InChI=1S/C18H16O4S/c1-12-2-4-13(5-3-12)14-6-7-17-16(10-14)11-15(18(19)20)8-9-23(17,21)22/h2-7,10-11H,8-9H2,1H3,(H,19,20). The van der Waals surface area contributed by atoms with Gasteiger partial charge in [0, 0.05) is 5.57 Å². The van der Waals surface area contributed by atoms with E-state index in [2.05, 4.69) is 0 Å². The van der Waals surface area contributed by atoms with Gasteiger partial charge in [-0.05, 0) is 48.2 Å². The fraction of sp³-hybridized carbons (Fsp3) is 0.167. The van der Waals surface area contributed by atoms with E-state index in [0.29, 0.717) is 5.56 Å². The number of sulfone groups is 1. The van der Waals surface area contributed by atoms with Crippen molar-refractivity contribution in [1.82, 2.24) is 0 Å². The van der Waals surface area contributed by atoms with E-state index in [1.807, 2.05) is 31.2 Å². The average molecular weight is 328 g/mol. The van der Waals surface area contributed by atoms with E-state index < -0.39 is 15.8 Å². The number of hydrogen-bond donors (Lipinski definition) is 1. The highest BCUT2D eigenvalue weighted by atomic mass is 32.2. The van der Waals surface area contributed by atoms with Crippen molar-refractivity contribution in [1.29, 1.82) is 0 Å². The Labute approximate surface area is 135 Å². The lowest BCUT2D eigenvalue weighted by Gasteiger charge is -2.08. The van der Waals surface area contributed by atoms with Gasteiger partial charge in [0.25, 0.3) is 0 Å². The van der Waals surface area contributed by atoms with Gasteiger partial charge in [0.15, 0.2) is 9.84 Å². The second kappa shape index (κ2) is 5.66. The molecule has 0 unspecified atom stereocenters. The smallest absolute Gasteiger partial charge is 0.331 e. The Morgan fingerprint density at radius 2 is 1.70 bits per heavy atom. The van der Waals surface area contributed by atoms with Crippen LogP contribution in [-0.2, 0) is 14.6 Å². The lowest BCUT2D eigenvalue weighted by Crippen LogP contribution is -2.08. The Balaban J connectivity index is 2.17. The van der Waals surface area contributed by atoms with E-state index in [-0.39, 0.29) is 22.6 Å². The fourth-order valence-corrected chi connectivity index (χ4v) is 4.11. The van der Waals surface area contributed by atoms with Gasteiger partial charge in [-0.3, -0.25) is 0 Å². The van der Waals surface area contributed by atoms with Crippen LogP contribution in [0.25, 0.3) is 17.2 Å². The van der Waals surface area contributed by atoms with Gasteiger partial charge in [-0.2, -0.15) is 0 Å². The Morgan fingerprint density at radius 1 is 1.04 bits per heavy atom. The molecule has 0 atom stereocenters. The number of fused-ring (bicyclic) bond motifs is 1. The van der Waals surface area contributed by atoms with Gasteiger partial charge in [-0.15, -0.1) is 0 Å². The van der Waals surface area contributed by atoms with Crippen LogP contribution in [0.2, 0.25) is 0 Å². The van der Waals surface area contributed by atoms with Crippen LogP contribution in [-0.4, -0.2) is 25.2 Å². The van der Waals surface area contributed by atoms with Gasteiger partial charge >= 0.3 is 5.97 Å². The number of rotatable bonds is 2. The molecule has 4 nitrogen and oxygen atoms in total. The zero-order chi connectivity index (χ0) is 16.6. The van der Waals surface area contributed by atoms with Crippen LogP contribution in [0.15, 0.2) is 52.9 Å². The zero-order valence-corrected chi connectivity index (χ0v) is 13.4. The first-order chi connectivity index (χ1) is 10.9. The van der Waals surface area contributed by atoms with Crippen molar-refractivity contribution in [3.8, 4) is 11.1 Å². The highest BCUT2D eigenvalue weighted by molar-refractivity contribution is 7.91. The quantitative estimate of drug-likeness (QED) is 0.918. The second-order valence-corrected chi connectivity index (χ2v) is 7.74. The third-order valence-electron chi connectivity index (χ3n) is 3.97. The van der Waals surface area contributed by atoms with Gasteiger partial charge in [0.05, 0.1) is 10.6 Å². The summed E-state index contributed by atoms with van der Waals surface area (Å²) < 4.78 is 24.7. The molecule has 0 saturated carbocycles.